The summed E-state index contributed by atoms with van der Waals surface area (Å²) in [5.41, 5.74) is 0. The molecule has 0 bridgehead atoms. The molecule has 0 aliphatic heterocycles. The summed E-state index contributed by atoms with van der Waals surface area (Å²) in [5.74, 6) is 0. The summed E-state index contributed by atoms with van der Waals surface area (Å²) in [4.78, 5) is 0. The van der Waals surface area contributed by atoms with E-state index in [0.29, 0.717) is 13.2 Å². The first-order chi connectivity index (χ1) is 6.81. The summed E-state index contributed by atoms with van der Waals surface area (Å²) in [6, 6.07) is 0. The third-order valence-electron chi connectivity index (χ3n) is 1.93. The molecule has 0 rings (SSSR count). The second kappa shape index (κ2) is 15.7. The molecule has 0 aromatic heterocycles. The van der Waals surface area contributed by atoms with Crippen LogP contribution < -0.4 is 0 Å². The van der Waals surface area contributed by atoms with Crippen molar-refractivity contribution in [1.82, 2.24) is 0 Å². The maximum Gasteiger partial charge on any atom is 0.697 e. The van der Waals surface area contributed by atoms with E-state index in [9.17, 15) is 4.57 Å². The Morgan fingerprint density at radius 2 is 1.53 bits per heavy atom. The van der Waals surface area contributed by atoms with E-state index in [2.05, 4.69) is 6.92 Å². The molecule has 0 aromatic rings. The molecule has 0 saturated carbocycles. The van der Waals surface area contributed by atoms with Crippen LogP contribution in [-0.2, 0) is 13.6 Å². The Morgan fingerprint density at radius 3 is 2.13 bits per heavy atom. The number of rotatable bonds is 10. The number of unbranched alkanes of at least 4 members (excludes halogenated alkanes) is 5. The normalized spacial score (nSPS) is 10.9. The summed E-state index contributed by atoms with van der Waals surface area (Å²) in [6.45, 7) is 5.02. The molecule has 3 nitrogen and oxygen atoms in total. The number of hydrogen-bond acceptors (Lipinski definition) is 3. The van der Waals surface area contributed by atoms with Crippen molar-refractivity contribution in [2.45, 2.75) is 52.4 Å². The molecule has 0 N–H and O–H groups in total. The zero-order valence-electron chi connectivity index (χ0n) is 10.3. The molecule has 0 heterocycles. The van der Waals surface area contributed by atoms with Crippen molar-refractivity contribution in [3.8, 4) is 0 Å². The van der Waals surface area contributed by atoms with Crippen LogP contribution in [0.3, 0.4) is 0 Å². The molecule has 85 valence electrons. The monoisotopic (exact) mass is 260 g/mol. The Labute approximate surface area is 137 Å². The fourth-order valence-corrected chi connectivity index (χ4v) is 1.73. The molecule has 0 saturated heterocycles. The maximum atomic E-state index is 10.9. The van der Waals surface area contributed by atoms with E-state index >= 15 is 0 Å². The maximum absolute atomic E-state index is 10.9. The quantitative estimate of drug-likeness (QED) is 0.341. The van der Waals surface area contributed by atoms with Gasteiger partial charge in [-0.15, -0.1) is 9.05 Å². The van der Waals surface area contributed by atoms with Gasteiger partial charge in [-0.05, 0) is 13.3 Å². The molecule has 1 unspecified atom stereocenters. The molecule has 0 amide bonds. The largest absolute Gasteiger partial charge is 0.697 e. The molecule has 1 radical (unpaired) electrons. The Kier molecular flexibility index (Phi) is 19.8. The van der Waals surface area contributed by atoms with Gasteiger partial charge in [0.2, 0.25) is 0 Å². The second-order valence-electron chi connectivity index (χ2n) is 3.24. The van der Waals surface area contributed by atoms with Crippen LogP contribution in [0.4, 0.5) is 0 Å². The zero-order valence-corrected chi connectivity index (χ0v) is 14.3. The minimum absolute atomic E-state index is 0. The Morgan fingerprint density at radius 1 is 0.933 bits per heavy atom. The first kappa shape index (κ1) is 19.0. The summed E-state index contributed by atoms with van der Waals surface area (Å²) in [5, 5.41) is 0. The van der Waals surface area contributed by atoms with Gasteiger partial charge in [0.05, 0.1) is 0 Å². The standard InChI is InChI=1S/C10H22O3P.K/c1-3-5-6-7-8-9-10-13-14(11)12-4-2;/h3-10H2,1-2H3;/q+1;. The van der Waals surface area contributed by atoms with Crippen molar-refractivity contribution in [2.75, 3.05) is 13.2 Å². The van der Waals surface area contributed by atoms with Gasteiger partial charge in [-0.3, -0.25) is 0 Å². The van der Waals surface area contributed by atoms with E-state index in [4.69, 9.17) is 9.05 Å². The van der Waals surface area contributed by atoms with Gasteiger partial charge in [-0.25, -0.2) is 0 Å². The summed E-state index contributed by atoms with van der Waals surface area (Å²) >= 11 is 0. The van der Waals surface area contributed by atoms with Crippen molar-refractivity contribution < 1.29 is 13.6 Å². The van der Waals surface area contributed by atoms with Crippen molar-refractivity contribution in [3.63, 3.8) is 0 Å². The minimum Gasteiger partial charge on any atom is -0.119 e. The molecule has 1 atom stereocenters. The fourth-order valence-electron chi connectivity index (χ4n) is 1.16. The van der Waals surface area contributed by atoms with Gasteiger partial charge in [-0.1, -0.05) is 39.0 Å². The summed E-state index contributed by atoms with van der Waals surface area (Å²) < 4.78 is 20.6. The van der Waals surface area contributed by atoms with Gasteiger partial charge in [0, 0.05) is 55.9 Å². The van der Waals surface area contributed by atoms with E-state index < -0.39 is 8.25 Å². The van der Waals surface area contributed by atoms with E-state index in [0.717, 1.165) is 12.8 Å². The Balaban J connectivity index is 0. The number of hydrogen-bond donors (Lipinski definition) is 0. The topological polar surface area (TPSA) is 35.5 Å². The van der Waals surface area contributed by atoms with Gasteiger partial charge in [0.15, 0.2) is 0 Å². The molecule has 0 fully saturated rings. The van der Waals surface area contributed by atoms with Gasteiger partial charge in [0.25, 0.3) is 0 Å². The molecule has 15 heavy (non-hydrogen) atoms. The average Bonchev–Trinajstić information content (AvgIpc) is 2.17. The predicted octanol–water partition coefficient (Wildman–Crippen LogP) is 3.68. The van der Waals surface area contributed by atoms with Crippen LogP contribution in [0.15, 0.2) is 0 Å². The summed E-state index contributed by atoms with van der Waals surface area (Å²) in [7, 11) is -1.86. The van der Waals surface area contributed by atoms with E-state index in [1.807, 2.05) is 0 Å². The van der Waals surface area contributed by atoms with Gasteiger partial charge >= 0.3 is 8.25 Å². The van der Waals surface area contributed by atoms with Crippen molar-refractivity contribution >= 4 is 59.6 Å². The first-order valence-electron chi connectivity index (χ1n) is 5.54. The van der Waals surface area contributed by atoms with Crippen LogP contribution in [-0.4, -0.2) is 64.6 Å². The van der Waals surface area contributed by atoms with Crippen molar-refractivity contribution in [3.05, 3.63) is 0 Å². The summed E-state index contributed by atoms with van der Waals surface area (Å²) in [6.07, 6.45) is 7.28. The third kappa shape index (κ3) is 15.7. The zero-order chi connectivity index (χ0) is 10.6. The molecule has 0 aliphatic carbocycles. The molecule has 0 aliphatic rings. The third-order valence-corrected chi connectivity index (χ3v) is 2.79. The van der Waals surface area contributed by atoms with E-state index in [1.165, 1.54) is 25.7 Å². The fraction of sp³-hybridized carbons (Fsp3) is 1.00. The Hall–Kier alpha value is 1.66. The predicted molar refractivity (Wildman–Crippen MR) is 64.3 cm³/mol. The van der Waals surface area contributed by atoms with Gasteiger partial charge in [-0.2, -0.15) is 0 Å². The van der Waals surface area contributed by atoms with Crippen LogP contribution in [0, 0.1) is 0 Å². The SMILES string of the molecule is CCCCCCCCO[P+](=O)OCC.[K]. The molecule has 5 heteroatoms. The molecular weight excluding hydrogens is 238 g/mol. The van der Waals surface area contributed by atoms with Crippen molar-refractivity contribution in [1.29, 1.82) is 0 Å². The average molecular weight is 260 g/mol. The van der Waals surface area contributed by atoms with Crippen LogP contribution in [0.2, 0.25) is 0 Å². The minimum atomic E-state index is -1.86. The van der Waals surface area contributed by atoms with E-state index in [-0.39, 0.29) is 51.4 Å². The van der Waals surface area contributed by atoms with Crippen molar-refractivity contribution in [2.24, 2.45) is 0 Å². The second-order valence-corrected chi connectivity index (χ2v) is 4.21. The van der Waals surface area contributed by atoms with Crippen LogP contribution in [0.1, 0.15) is 52.4 Å². The molecule has 0 spiro atoms. The smallest absolute Gasteiger partial charge is 0.119 e. The molecule has 0 aromatic carbocycles. The van der Waals surface area contributed by atoms with Gasteiger partial charge < -0.3 is 0 Å². The van der Waals surface area contributed by atoms with Gasteiger partial charge in [0.1, 0.15) is 13.2 Å². The van der Waals surface area contributed by atoms with Crippen LogP contribution in [0.25, 0.3) is 0 Å². The van der Waals surface area contributed by atoms with Crippen LogP contribution in [0.5, 0.6) is 0 Å². The first-order valence-corrected chi connectivity index (χ1v) is 6.63. The molecular formula is C10H22KO3P+. The Bertz CT molecular complexity index is 145. The van der Waals surface area contributed by atoms with E-state index in [1.54, 1.807) is 6.92 Å². The van der Waals surface area contributed by atoms with Crippen LogP contribution >= 0.6 is 8.25 Å².